The Morgan fingerprint density at radius 1 is 1.19 bits per heavy atom. The third kappa shape index (κ3) is 4.36. The maximum Gasteiger partial charge on any atom is 0.254 e. The van der Waals surface area contributed by atoms with Crippen molar-refractivity contribution in [3.8, 4) is 11.5 Å². The summed E-state index contributed by atoms with van der Waals surface area (Å²) in [4.78, 5) is 32.0. The highest BCUT2D eigenvalue weighted by Crippen LogP contribution is 2.44. The second kappa shape index (κ2) is 8.96. The molecule has 7 nitrogen and oxygen atoms in total. The van der Waals surface area contributed by atoms with Crippen LogP contribution in [-0.2, 0) is 4.79 Å². The average molecular weight is 424 g/mol. The summed E-state index contributed by atoms with van der Waals surface area (Å²) in [5.74, 6) is 1.45. The van der Waals surface area contributed by atoms with Crippen LogP contribution in [0.4, 0.5) is 5.69 Å². The van der Waals surface area contributed by atoms with E-state index in [1.807, 2.05) is 18.2 Å². The number of carbonyl (C=O) groups is 2. The molecule has 2 fully saturated rings. The molecule has 1 aliphatic heterocycles. The molecule has 0 unspecified atom stereocenters. The van der Waals surface area contributed by atoms with Crippen molar-refractivity contribution in [2.75, 3.05) is 32.6 Å². The molecular weight excluding hydrogens is 394 g/mol. The lowest BCUT2D eigenvalue weighted by Crippen LogP contribution is -2.48. The molecule has 0 radical (unpaired) electrons. The summed E-state index contributed by atoms with van der Waals surface area (Å²) in [5.41, 5.74) is 1.94. The highest BCUT2D eigenvalue weighted by atomic mass is 16.5. The van der Waals surface area contributed by atoms with Gasteiger partial charge in [0, 0.05) is 42.4 Å². The van der Waals surface area contributed by atoms with E-state index in [0.29, 0.717) is 41.8 Å². The fraction of sp³-hybridized carbons (Fsp3) is 0.458. The van der Waals surface area contributed by atoms with Crippen LogP contribution in [0.2, 0.25) is 0 Å². The third-order valence-corrected chi connectivity index (χ3v) is 6.18. The lowest BCUT2D eigenvalue weighted by atomic mass is 9.94. The summed E-state index contributed by atoms with van der Waals surface area (Å²) in [7, 11) is 3.05. The molecule has 1 saturated carbocycles. The smallest absolute Gasteiger partial charge is 0.254 e. The number of hydrogen-bond donors (Lipinski definition) is 1. The Morgan fingerprint density at radius 2 is 2.00 bits per heavy atom. The van der Waals surface area contributed by atoms with Gasteiger partial charge in [-0.3, -0.25) is 14.6 Å². The third-order valence-electron chi connectivity index (χ3n) is 6.18. The van der Waals surface area contributed by atoms with Crippen LogP contribution in [-0.4, -0.2) is 49.0 Å². The molecule has 1 aliphatic carbocycles. The average Bonchev–Trinajstić information content (AvgIpc) is 3.52. The summed E-state index contributed by atoms with van der Waals surface area (Å²) in [6.07, 6.45) is 4.82. The van der Waals surface area contributed by atoms with E-state index in [0.717, 1.165) is 25.0 Å². The molecule has 1 aromatic heterocycles. The zero-order chi connectivity index (χ0) is 22.0. The number of anilines is 1. The quantitative estimate of drug-likeness (QED) is 0.700. The topological polar surface area (TPSA) is 80.8 Å². The maximum absolute atomic E-state index is 13.1. The number of amides is 2. The summed E-state index contributed by atoms with van der Waals surface area (Å²) in [6, 6.07) is 9.19. The molecular formula is C24H29N3O4. The molecule has 0 bridgehead atoms. The second-order valence-corrected chi connectivity index (χ2v) is 8.30. The number of likely N-dealkylation sites (tertiary alicyclic amines) is 1. The Balaban J connectivity index is 1.49. The highest BCUT2D eigenvalue weighted by molar-refractivity contribution is 6.01. The van der Waals surface area contributed by atoms with E-state index in [9.17, 15) is 9.59 Å². The molecule has 2 amide bonds. The van der Waals surface area contributed by atoms with E-state index in [1.165, 1.54) is 14.2 Å². The first-order valence-electron chi connectivity index (χ1n) is 10.8. The largest absolute Gasteiger partial charge is 0.493 e. The Bertz CT molecular complexity index is 957. The monoisotopic (exact) mass is 423 g/mol. The number of benzene rings is 1. The first-order valence-corrected chi connectivity index (χ1v) is 10.8. The van der Waals surface area contributed by atoms with Crippen molar-refractivity contribution in [2.24, 2.45) is 11.8 Å². The Hall–Kier alpha value is -3.09. The van der Waals surface area contributed by atoms with Crippen LogP contribution in [0.1, 0.15) is 48.2 Å². The van der Waals surface area contributed by atoms with Gasteiger partial charge in [0.25, 0.3) is 5.91 Å². The van der Waals surface area contributed by atoms with Crippen molar-refractivity contribution < 1.29 is 19.1 Å². The summed E-state index contributed by atoms with van der Waals surface area (Å²) < 4.78 is 10.9. The van der Waals surface area contributed by atoms with E-state index >= 15 is 0 Å². The van der Waals surface area contributed by atoms with Gasteiger partial charge in [-0.1, -0.05) is 19.4 Å². The van der Waals surface area contributed by atoms with Crippen molar-refractivity contribution in [1.82, 2.24) is 9.88 Å². The van der Waals surface area contributed by atoms with Gasteiger partial charge in [-0.15, -0.1) is 0 Å². The molecule has 2 aliphatic rings. The van der Waals surface area contributed by atoms with Crippen LogP contribution >= 0.6 is 0 Å². The normalized spacial score (nSPS) is 20.0. The van der Waals surface area contributed by atoms with E-state index in [4.69, 9.17) is 9.47 Å². The Labute approximate surface area is 182 Å². The van der Waals surface area contributed by atoms with Crippen molar-refractivity contribution in [3.63, 3.8) is 0 Å². The van der Waals surface area contributed by atoms with Gasteiger partial charge < -0.3 is 19.7 Å². The highest BCUT2D eigenvalue weighted by Gasteiger charge is 2.42. The van der Waals surface area contributed by atoms with E-state index in [2.05, 4.69) is 17.2 Å². The van der Waals surface area contributed by atoms with Crippen molar-refractivity contribution >= 4 is 17.5 Å². The number of methoxy groups -OCH3 is 2. The minimum absolute atomic E-state index is 0.0254. The molecule has 0 spiro atoms. The molecule has 31 heavy (non-hydrogen) atoms. The number of pyridine rings is 1. The maximum atomic E-state index is 13.1. The predicted molar refractivity (Wildman–Crippen MR) is 118 cm³/mol. The molecule has 2 atom stereocenters. The first kappa shape index (κ1) is 21.2. The SMILES string of the molecule is CCC[C@H]1C[C@H]1C(=O)Nc1cc(C(=O)N2CC(c3ccccn3)C2)cc(OC)c1OC. The Kier molecular flexibility index (Phi) is 6.11. The van der Waals surface area contributed by atoms with E-state index in [1.54, 1.807) is 23.2 Å². The number of rotatable bonds is 8. The summed E-state index contributed by atoms with van der Waals surface area (Å²) >= 11 is 0. The molecule has 2 heterocycles. The number of ether oxygens (including phenoxy) is 2. The van der Waals surface area contributed by atoms with Gasteiger partial charge >= 0.3 is 0 Å². The van der Waals surface area contributed by atoms with Gasteiger partial charge in [0.1, 0.15) is 0 Å². The molecule has 1 aromatic carbocycles. The van der Waals surface area contributed by atoms with Gasteiger partial charge in [-0.25, -0.2) is 0 Å². The van der Waals surface area contributed by atoms with Gasteiger partial charge in [0.15, 0.2) is 11.5 Å². The van der Waals surface area contributed by atoms with Gasteiger partial charge in [0.05, 0.1) is 19.9 Å². The number of hydrogen-bond acceptors (Lipinski definition) is 5. The summed E-state index contributed by atoms with van der Waals surface area (Å²) in [5, 5.41) is 2.97. The van der Waals surface area contributed by atoms with Crippen LogP contribution in [0.3, 0.4) is 0 Å². The molecule has 1 N–H and O–H groups in total. The van der Waals surface area contributed by atoms with Gasteiger partial charge in [-0.05, 0) is 43.0 Å². The summed E-state index contributed by atoms with van der Waals surface area (Å²) in [6.45, 7) is 3.36. The van der Waals surface area contributed by atoms with Crippen LogP contribution in [0.25, 0.3) is 0 Å². The van der Waals surface area contributed by atoms with Crippen molar-refractivity contribution in [2.45, 2.75) is 32.1 Å². The first-order chi connectivity index (χ1) is 15.0. The van der Waals surface area contributed by atoms with Crippen LogP contribution < -0.4 is 14.8 Å². The fourth-order valence-corrected chi connectivity index (χ4v) is 4.30. The molecule has 7 heteroatoms. The van der Waals surface area contributed by atoms with Crippen molar-refractivity contribution in [1.29, 1.82) is 0 Å². The molecule has 1 saturated heterocycles. The fourth-order valence-electron chi connectivity index (χ4n) is 4.30. The van der Waals surface area contributed by atoms with Crippen LogP contribution in [0, 0.1) is 11.8 Å². The second-order valence-electron chi connectivity index (χ2n) is 8.30. The zero-order valence-corrected chi connectivity index (χ0v) is 18.3. The number of aromatic nitrogens is 1. The Morgan fingerprint density at radius 3 is 2.65 bits per heavy atom. The lowest BCUT2D eigenvalue weighted by molar-refractivity contribution is -0.117. The van der Waals surface area contributed by atoms with Gasteiger partial charge in [0.2, 0.25) is 5.91 Å². The predicted octanol–water partition coefficient (Wildman–Crippen LogP) is 3.71. The number of nitrogens with zero attached hydrogens (tertiary/aromatic N) is 2. The number of carbonyl (C=O) groups excluding carboxylic acids is 2. The van der Waals surface area contributed by atoms with Gasteiger partial charge in [-0.2, -0.15) is 0 Å². The van der Waals surface area contributed by atoms with Crippen LogP contribution in [0.15, 0.2) is 36.5 Å². The molecule has 2 aromatic rings. The lowest BCUT2D eigenvalue weighted by Gasteiger charge is -2.39. The molecule has 4 rings (SSSR count). The standard InChI is InChI=1S/C24H29N3O4/c1-4-7-15-10-18(15)23(28)26-20-11-16(12-21(30-2)22(20)31-3)24(29)27-13-17(14-27)19-8-5-6-9-25-19/h5-6,8-9,11-12,15,17-18H,4,7,10,13-14H2,1-3H3,(H,26,28)/t15-,18+/m0/s1. The minimum Gasteiger partial charge on any atom is -0.493 e. The molecule has 164 valence electrons. The minimum atomic E-state index is -0.0982. The van der Waals surface area contributed by atoms with E-state index in [-0.39, 0.29) is 23.7 Å². The van der Waals surface area contributed by atoms with Crippen LogP contribution in [0.5, 0.6) is 11.5 Å². The van der Waals surface area contributed by atoms with Crippen molar-refractivity contribution in [3.05, 3.63) is 47.8 Å². The van der Waals surface area contributed by atoms with E-state index < -0.39 is 0 Å². The number of nitrogens with one attached hydrogen (secondary N) is 1. The zero-order valence-electron chi connectivity index (χ0n) is 18.3.